The van der Waals surface area contributed by atoms with Gasteiger partial charge in [-0.3, -0.25) is 0 Å². The molecule has 0 bridgehead atoms. The Balaban J connectivity index is 1.72. The molecule has 0 fully saturated rings. The Morgan fingerprint density at radius 2 is 1.73 bits per heavy atom. The number of ether oxygens (including phenoxy) is 1. The van der Waals surface area contributed by atoms with Gasteiger partial charge in [-0.05, 0) is 59.8 Å². The smallest absolute Gasteiger partial charge is 0.436 e. The number of hydrogen-bond donors (Lipinski definition) is 0. The molecule has 41 heavy (non-hydrogen) atoms. The third-order valence-electron chi connectivity index (χ3n) is 5.98. The van der Waals surface area contributed by atoms with E-state index in [4.69, 9.17) is 16.0 Å². The Morgan fingerprint density at radius 3 is 2.39 bits per heavy atom. The molecule has 0 aliphatic carbocycles. The maximum absolute atomic E-state index is 14.6. The summed E-state index contributed by atoms with van der Waals surface area (Å²) in [6.07, 6.45) is -1.85. The molecule has 5 aromatic rings. The molecule has 0 amide bonds. The molecule has 2 heterocycles. The van der Waals surface area contributed by atoms with E-state index in [0.29, 0.717) is 5.56 Å². The van der Waals surface area contributed by atoms with Crippen LogP contribution in [0.4, 0.5) is 26.3 Å². The van der Waals surface area contributed by atoms with Crippen LogP contribution < -0.4 is 4.74 Å². The second-order valence-corrected chi connectivity index (χ2v) is 9.95. The molecule has 3 aromatic carbocycles. The van der Waals surface area contributed by atoms with Gasteiger partial charge in [0.1, 0.15) is 5.69 Å². The number of alkyl halides is 5. The SMILES string of the molecule is CSc1cccc(-c2ccc(-n3cc(Cl)c(C(F)(F)F)n3)c(-c3oc(C)nc3-c3ccc(OC(F)F)c(F)c3)c2)c1. The highest BCUT2D eigenvalue weighted by atomic mass is 35.5. The molecule has 2 aromatic heterocycles. The molecule has 0 aliphatic heterocycles. The molecule has 0 aliphatic rings. The molecular weight excluding hydrogens is 592 g/mol. The molecule has 212 valence electrons. The second kappa shape index (κ2) is 11.2. The van der Waals surface area contributed by atoms with Gasteiger partial charge in [0.25, 0.3) is 0 Å². The molecule has 0 radical (unpaired) electrons. The average Bonchev–Trinajstić information content (AvgIpc) is 3.52. The highest BCUT2D eigenvalue weighted by Gasteiger charge is 2.37. The van der Waals surface area contributed by atoms with Crippen molar-refractivity contribution in [3.05, 3.63) is 89.3 Å². The fraction of sp³-hybridized carbons (Fsp3) is 0.143. The van der Waals surface area contributed by atoms with Crippen molar-refractivity contribution in [1.29, 1.82) is 0 Å². The summed E-state index contributed by atoms with van der Waals surface area (Å²) < 4.78 is 91.5. The largest absolute Gasteiger partial charge is 0.440 e. The summed E-state index contributed by atoms with van der Waals surface area (Å²) in [4.78, 5) is 5.34. The summed E-state index contributed by atoms with van der Waals surface area (Å²) in [7, 11) is 0. The Hall–Kier alpha value is -3.90. The van der Waals surface area contributed by atoms with Gasteiger partial charge in [0.2, 0.25) is 0 Å². The zero-order chi connectivity index (χ0) is 29.5. The minimum absolute atomic E-state index is 0.0856. The highest BCUT2D eigenvalue weighted by molar-refractivity contribution is 7.98. The Morgan fingerprint density at radius 1 is 1.00 bits per heavy atom. The number of aromatic nitrogens is 3. The van der Waals surface area contributed by atoms with Crippen LogP contribution in [-0.4, -0.2) is 27.6 Å². The van der Waals surface area contributed by atoms with E-state index in [-0.39, 0.29) is 34.2 Å². The molecule has 0 spiro atoms. The van der Waals surface area contributed by atoms with Crippen molar-refractivity contribution in [2.75, 3.05) is 6.26 Å². The van der Waals surface area contributed by atoms with E-state index < -0.39 is 35.1 Å². The first kappa shape index (κ1) is 28.6. The molecule has 0 saturated heterocycles. The summed E-state index contributed by atoms with van der Waals surface area (Å²) in [5.74, 6) is -1.47. The number of thioether (sulfide) groups is 1. The first-order valence-corrected chi connectivity index (χ1v) is 13.4. The minimum Gasteiger partial charge on any atom is -0.440 e. The third-order valence-corrected chi connectivity index (χ3v) is 6.99. The fourth-order valence-electron chi connectivity index (χ4n) is 4.21. The van der Waals surface area contributed by atoms with Crippen molar-refractivity contribution in [3.8, 4) is 45.1 Å². The van der Waals surface area contributed by atoms with Gasteiger partial charge in [-0.2, -0.15) is 27.1 Å². The number of aryl methyl sites for hydroxylation is 1. The van der Waals surface area contributed by atoms with Gasteiger partial charge in [0.05, 0.1) is 16.9 Å². The second-order valence-electron chi connectivity index (χ2n) is 8.67. The van der Waals surface area contributed by atoms with Crippen LogP contribution in [0.1, 0.15) is 11.6 Å². The number of nitrogens with zero attached hydrogens (tertiary/aromatic N) is 3. The molecule has 0 N–H and O–H groups in total. The zero-order valence-corrected chi connectivity index (χ0v) is 22.7. The van der Waals surface area contributed by atoms with Gasteiger partial charge < -0.3 is 9.15 Å². The van der Waals surface area contributed by atoms with Crippen molar-refractivity contribution >= 4 is 23.4 Å². The van der Waals surface area contributed by atoms with Gasteiger partial charge in [0.15, 0.2) is 28.9 Å². The van der Waals surface area contributed by atoms with E-state index in [1.165, 1.54) is 24.8 Å². The van der Waals surface area contributed by atoms with Gasteiger partial charge in [0, 0.05) is 22.9 Å². The molecular formula is C28H18ClF6N3O2S. The van der Waals surface area contributed by atoms with Crippen LogP contribution >= 0.6 is 23.4 Å². The molecule has 0 unspecified atom stereocenters. The number of hydrogen-bond acceptors (Lipinski definition) is 5. The van der Waals surface area contributed by atoms with Gasteiger partial charge in [-0.15, -0.1) is 11.8 Å². The van der Waals surface area contributed by atoms with Gasteiger partial charge >= 0.3 is 12.8 Å². The lowest BCUT2D eigenvalue weighted by molar-refractivity contribution is -0.141. The predicted octanol–water partition coefficient (Wildman–Crippen LogP) is 9.30. The first-order valence-electron chi connectivity index (χ1n) is 11.8. The van der Waals surface area contributed by atoms with Crippen molar-refractivity contribution in [1.82, 2.24) is 14.8 Å². The summed E-state index contributed by atoms with van der Waals surface area (Å²) in [5, 5.41) is 3.07. The van der Waals surface area contributed by atoms with Crippen LogP contribution in [0, 0.1) is 12.7 Å². The molecule has 13 heteroatoms. The molecule has 5 nitrogen and oxygen atoms in total. The van der Waals surface area contributed by atoms with Gasteiger partial charge in [-0.1, -0.05) is 29.8 Å². The van der Waals surface area contributed by atoms with E-state index in [1.54, 1.807) is 18.2 Å². The van der Waals surface area contributed by atoms with Gasteiger partial charge in [-0.25, -0.2) is 14.1 Å². The van der Waals surface area contributed by atoms with Crippen LogP contribution in [0.2, 0.25) is 5.02 Å². The maximum atomic E-state index is 14.6. The topological polar surface area (TPSA) is 53.1 Å². The average molecular weight is 610 g/mol. The lowest BCUT2D eigenvalue weighted by Crippen LogP contribution is -2.08. The Bertz CT molecular complexity index is 1730. The summed E-state index contributed by atoms with van der Waals surface area (Å²) >= 11 is 7.43. The minimum atomic E-state index is -4.80. The highest BCUT2D eigenvalue weighted by Crippen LogP contribution is 2.41. The zero-order valence-electron chi connectivity index (χ0n) is 21.1. The quantitative estimate of drug-likeness (QED) is 0.136. The fourth-order valence-corrected chi connectivity index (χ4v) is 4.91. The predicted molar refractivity (Wildman–Crippen MR) is 143 cm³/mol. The summed E-state index contributed by atoms with van der Waals surface area (Å²) in [5.41, 5.74) is 0.961. The van der Waals surface area contributed by atoms with Crippen molar-refractivity contribution in [3.63, 3.8) is 0 Å². The molecule has 0 saturated carbocycles. The van der Waals surface area contributed by atoms with Crippen LogP contribution in [0.3, 0.4) is 0 Å². The molecule has 0 atom stereocenters. The Labute approximate surface area is 238 Å². The third kappa shape index (κ3) is 5.94. The lowest BCUT2D eigenvalue weighted by atomic mass is 9.98. The van der Waals surface area contributed by atoms with E-state index in [2.05, 4.69) is 14.8 Å². The Kier molecular flexibility index (Phi) is 7.80. The van der Waals surface area contributed by atoms with Crippen LogP contribution in [0.5, 0.6) is 5.75 Å². The van der Waals surface area contributed by atoms with E-state index in [9.17, 15) is 26.3 Å². The number of benzene rings is 3. The number of rotatable bonds is 7. The maximum Gasteiger partial charge on any atom is 0.436 e. The standard InChI is InChI=1S/C28H18ClF6N3O2S/c1-14-36-24(17-7-9-23(21(30)12-17)40-27(31)32)25(39-14)19-11-16(15-4-3-5-18(10-15)41-2)6-8-22(19)38-13-20(29)26(37-38)28(33,34)35/h3-13,27H,1-2H3. The van der Waals surface area contributed by atoms with Crippen molar-refractivity contribution < 1.29 is 35.5 Å². The van der Waals surface area contributed by atoms with Crippen molar-refractivity contribution in [2.24, 2.45) is 0 Å². The molecule has 5 rings (SSSR count). The summed E-state index contributed by atoms with van der Waals surface area (Å²) in [6, 6.07) is 15.9. The normalized spacial score (nSPS) is 11.9. The van der Waals surface area contributed by atoms with E-state index in [0.717, 1.165) is 33.5 Å². The number of halogens is 7. The number of oxazole rings is 1. The van der Waals surface area contributed by atoms with Crippen LogP contribution in [-0.2, 0) is 6.18 Å². The summed E-state index contributed by atoms with van der Waals surface area (Å²) in [6.45, 7) is -1.69. The van der Waals surface area contributed by atoms with Crippen LogP contribution in [0.15, 0.2) is 76.2 Å². The first-order chi connectivity index (χ1) is 19.4. The monoisotopic (exact) mass is 609 g/mol. The van der Waals surface area contributed by atoms with E-state index >= 15 is 0 Å². The lowest BCUT2D eigenvalue weighted by Gasteiger charge is -2.13. The van der Waals surface area contributed by atoms with Crippen molar-refractivity contribution in [2.45, 2.75) is 24.6 Å². The van der Waals surface area contributed by atoms with E-state index in [1.807, 2.05) is 30.5 Å². The van der Waals surface area contributed by atoms with Crippen LogP contribution in [0.25, 0.3) is 39.4 Å².